The molecule has 1 aromatic carbocycles. The Balaban J connectivity index is 1.48. The predicted molar refractivity (Wildman–Crippen MR) is 94.5 cm³/mol. The molecule has 27 heavy (non-hydrogen) atoms. The molecule has 2 aliphatic rings. The molecule has 0 spiro atoms. The van der Waals surface area contributed by atoms with Crippen LogP contribution in [0.5, 0.6) is 0 Å². The zero-order chi connectivity index (χ0) is 19.4. The monoisotopic (exact) mass is 378 g/mol. The fourth-order valence-electron chi connectivity index (χ4n) is 3.18. The number of amides is 1. The number of carbonyl (C=O) groups excluding carboxylic acids is 2. The lowest BCUT2D eigenvalue weighted by atomic mass is 10.1. The molecule has 0 aromatic heterocycles. The van der Waals surface area contributed by atoms with E-state index in [1.165, 1.54) is 17.0 Å². The van der Waals surface area contributed by atoms with E-state index >= 15 is 0 Å². The highest BCUT2D eigenvalue weighted by Crippen LogP contribution is 2.31. The maximum Gasteiger partial charge on any atom is 0.335 e. The van der Waals surface area contributed by atoms with Crippen LogP contribution in [0.15, 0.2) is 18.2 Å². The first-order chi connectivity index (χ1) is 13.0. The van der Waals surface area contributed by atoms with Crippen molar-refractivity contribution in [1.29, 1.82) is 0 Å². The van der Waals surface area contributed by atoms with Crippen molar-refractivity contribution in [2.75, 3.05) is 31.3 Å². The van der Waals surface area contributed by atoms with Crippen LogP contribution < -0.4 is 4.90 Å². The lowest BCUT2D eigenvalue weighted by Crippen LogP contribution is -2.35. The summed E-state index contributed by atoms with van der Waals surface area (Å²) in [5, 5.41) is 10.8. The van der Waals surface area contributed by atoms with Crippen molar-refractivity contribution in [3.63, 3.8) is 0 Å². The van der Waals surface area contributed by atoms with E-state index in [2.05, 4.69) is 0 Å². The Morgan fingerprint density at radius 3 is 2.96 bits per heavy atom. The van der Waals surface area contributed by atoms with Crippen molar-refractivity contribution >= 4 is 23.3 Å². The Kier molecular flexibility index (Phi) is 6.02. The summed E-state index contributed by atoms with van der Waals surface area (Å²) >= 11 is 0. The Hall–Kier alpha value is -2.52. The van der Waals surface area contributed by atoms with Gasteiger partial charge in [0.1, 0.15) is 0 Å². The third-order valence-electron chi connectivity index (χ3n) is 4.70. The molecule has 146 valence electrons. The summed E-state index contributed by atoms with van der Waals surface area (Å²) in [6.45, 7) is 2.61. The van der Waals surface area contributed by atoms with Crippen LogP contribution in [0.4, 0.5) is 11.4 Å². The Morgan fingerprint density at radius 2 is 2.26 bits per heavy atom. The first-order valence-corrected chi connectivity index (χ1v) is 8.93. The number of nitro benzene ring substituents is 1. The number of benzene rings is 1. The molecule has 2 heterocycles. The van der Waals surface area contributed by atoms with Crippen LogP contribution in [0.25, 0.3) is 0 Å². The number of hydrogen-bond acceptors (Lipinski definition) is 7. The van der Waals surface area contributed by atoms with Crippen LogP contribution in [0.2, 0.25) is 0 Å². The Bertz CT molecular complexity index is 730. The van der Waals surface area contributed by atoms with Gasteiger partial charge in [0.15, 0.2) is 12.7 Å². The summed E-state index contributed by atoms with van der Waals surface area (Å²) in [4.78, 5) is 36.2. The van der Waals surface area contributed by atoms with E-state index in [0.717, 1.165) is 18.4 Å². The topological polar surface area (TPSA) is 108 Å². The van der Waals surface area contributed by atoms with E-state index in [0.29, 0.717) is 31.9 Å². The van der Waals surface area contributed by atoms with Gasteiger partial charge in [0.25, 0.3) is 11.6 Å². The second kappa shape index (κ2) is 8.45. The van der Waals surface area contributed by atoms with E-state index in [1.807, 2.05) is 0 Å². The fourth-order valence-corrected chi connectivity index (χ4v) is 3.18. The quantitative estimate of drug-likeness (QED) is 0.403. The highest BCUT2D eigenvalue weighted by Gasteiger charge is 2.28. The van der Waals surface area contributed by atoms with E-state index in [-0.39, 0.29) is 17.7 Å². The summed E-state index contributed by atoms with van der Waals surface area (Å²) in [5.74, 6) is -0.980. The van der Waals surface area contributed by atoms with Gasteiger partial charge < -0.3 is 19.1 Å². The SMILES string of the molecule is CC(OCC1CCCO1)C(=O)OCC(=O)N1CCc2cc([N+](=O)[O-])ccc21. The first-order valence-electron chi connectivity index (χ1n) is 8.93. The minimum atomic E-state index is -0.782. The molecule has 0 bridgehead atoms. The van der Waals surface area contributed by atoms with Gasteiger partial charge in [-0.1, -0.05) is 0 Å². The highest BCUT2D eigenvalue weighted by atomic mass is 16.6. The predicted octanol–water partition coefficient (Wildman–Crippen LogP) is 1.61. The van der Waals surface area contributed by atoms with Gasteiger partial charge in [-0.05, 0) is 37.8 Å². The second-order valence-electron chi connectivity index (χ2n) is 6.58. The van der Waals surface area contributed by atoms with Crippen molar-refractivity contribution in [3.05, 3.63) is 33.9 Å². The Morgan fingerprint density at radius 1 is 1.44 bits per heavy atom. The number of non-ortho nitro benzene ring substituents is 1. The number of carbonyl (C=O) groups is 2. The maximum absolute atomic E-state index is 12.4. The number of anilines is 1. The summed E-state index contributed by atoms with van der Waals surface area (Å²) in [5.41, 5.74) is 1.34. The van der Waals surface area contributed by atoms with Crippen LogP contribution in [0.3, 0.4) is 0 Å². The second-order valence-corrected chi connectivity index (χ2v) is 6.58. The van der Waals surface area contributed by atoms with Gasteiger partial charge >= 0.3 is 5.97 Å². The van der Waals surface area contributed by atoms with Crippen LogP contribution in [0.1, 0.15) is 25.3 Å². The molecule has 9 heteroatoms. The van der Waals surface area contributed by atoms with Crippen molar-refractivity contribution in [2.45, 2.75) is 38.4 Å². The van der Waals surface area contributed by atoms with Gasteiger partial charge in [0, 0.05) is 31.0 Å². The van der Waals surface area contributed by atoms with Gasteiger partial charge in [-0.2, -0.15) is 0 Å². The zero-order valence-corrected chi connectivity index (χ0v) is 15.1. The van der Waals surface area contributed by atoms with Crippen LogP contribution in [0, 0.1) is 10.1 Å². The van der Waals surface area contributed by atoms with E-state index in [4.69, 9.17) is 14.2 Å². The van der Waals surface area contributed by atoms with Crippen molar-refractivity contribution in [2.24, 2.45) is 0 Å². The molecular formula is C18H22N2O7. The normalized spacial score (nSPS) is 19.6. The molecule has 1 saturated heterocycles. The fraction of sp³-hybridized carbons (Fsp3) is 0.556. The minimum absolute atomic E-state index is 0.00652. The largest absolute Gasteiger partial charge is 0.454 e. The number of rotatable bonds is 7. The molecular weight excluding hydrogens is 356 g/mol. The minimum Gasteiger partial charge on any atom is -0.454 e. The number of fused-ring (bicyclic) bond motifs is 1. The molecule has 2 atom stereocenters. The van der Waals surface area contributed by atoms with E-state index in [9.17, 15) is 19.7 Å². The number of hydrogen-bond donors (Lipinski definition) is 0. The zero-order valence-electron chi connectivity index (χ0n) is 15.1. The molecule has 0 radical (unpaired) electrons. The van der Waals surface area contributed by atoms with Crippen LogP contribution >= 0.6 is 0 Å². The van der Waals surface area contributed by atoms with Gasteiger partial charge in [0.2, 0.25) is 0 Å². The first kappa shape index (κ1) is 19.2. The van der Waals surface area contributed by atoms with Crippen molar-refractivity contribution in [3.8, 4) is 0 Å². The maximum atomic E-state index is 12.4. The molecule has 0 aliphatic carbocycles. The van der Waals surface area contributed by atoms with Crippen LogP contribution in [-0.2, 0) is 30.2 Å². The molecule has 1 amide bonds. The van der Waals surface area contributed by atoms with E-state index < -0.39 is 23.6 Å². The summed E-state index contributed by atoms with van der Waals surface area (Å²) < 4.78 is 15.9. The third kappa shape index (κ3) is 4.61. The molecule has 1 fully saturated rings. The summed E-state index contributed by atoms with van der Waals surface area (Å²) in [7, 11) is 0. The van der Waals surface area contributed by atoms with Gasteiger partial charge in [0.05, 0.1) is 17.6 Å². The number of esters is 1. The molecule has 0 N–H and O–H groups in total. The average Bonchev–Trinajstić information content (AvgIpc) is 3.32. The lowest BCUT2D eigenvalue weighted by molar-refractivity contribution is -0.384. The van der Waals surface area contributed by atoms with Gasteiger partial charge in [-0.3, -0.25) is 14.9 Å². The molecule has 1 aromatic rings. The lowest BCUT2D eigenvalue weighted by Gasteiger charge is -2.19. The molecule has 9 nitrogen and oxygen atoms in total. The standard InChI is InChI=1S/C18H22N2O7/c1-12(26-10-15-3-2-8-25-15)18(22)27-11-17(21)19-7-6-13-9-14(20(23)24)4-5-16(13)19/h4-5,9,12,15H,2-3,6-8,10-11H2,1H3. The average molecular weight is 378 g/mol. The van der Waals surface area contributed by atoms with E-state index in [1.54, 1.807) is 13.0 Å². The van der Waals surface area contributed by atoms with Crippen LogP contribution in [-0.4, -0.2) is 55.4 Å². The highest BCUT2D eigenvalue weighted by molar-refractivity contribution is 5.97. The molecule has 0 saturated carbocycles. The molecule has 2 unspecified atom stereocenters. The smallest absolute Gasteiger partial charge is 0.335 e. The molecule has 2 aliphatic heterocycles. The summed E-state index contributed by atoms with van der Waals surface area (Å²) in [6.07, 6.45) is 1.65. The number of nitrogens with zero attached hydrogens (tertiary/aromatic N) is 2. The van der Waals surface area contributed by atoms with Gasteiger partial charge in [-0.15, -0.1) is 0 Å². The number of nitro groups is 1. The Labute approximate surface area is 156 Å². The van der Waals surface area contributed by atoms with Gasteiger partial charge in [-0.25, -0.2) is 4.79 Å². The summed E-state index contributed by atoms with van der Waals surface area (Å²) in [6, 6.07) is 4.38. The molecule has 3 rings (SSSR count). The number of ether oxygens (including phenoxy) is 3. The van der Waals surface area contributed by atoms with Crippen molar-refractivity contribution < 1.29 is 28.7 Å². The van der Waals surface area contributed by atoms with Crippen molar-refractivity contribution in [1.82, 2.24) is 0 Å². The third-order valence-corrected chi connectivity index (χ3v) is 4.70.